The number of aromatic nitrogens is 4. The Morgan fingerprint density at radius 2 is 1.87 bits per heavy atom. The maximum atomic E-state index is 12.3. The molecule has 0 aliphatic heterocycles. The number of hydrogen-bond acceptors (Lipinski definition) is 11. The van der Waals surface area contributed by atoms with E-state index in [1.807, 2.05) is 13.8 Å². The van der Waals surface area contributed by atoms with Crippen LogP contribution in [0.4, 0.5) is 10.5 Å². The fourth-order valence-corrected chi connectivity index (χ4v) is 4.20. The van der Waals surface area contributed by atoms with Crippen LogP contribution in [-0.4, -0.2) is 49.2 Å². The second kappa shape index (κ2) is 12.3. The zero-order valence-electron chi connectivity index (χ0n) is 21.8. The van der Waals surface area contributed by atoms with Gasteiger partial charge in [-0.25, -0.2) is 9.48 Å². The fraction of sp³-hybridized carbons (Fsp3) is 0.423. The Bertz CT molecular complexity index is 1310. The average molecular weight is 540 g/mol. The Morgan fingerprint density at radius 1 is 1.13 bits per heavy atom. The van der Waals surface area contributed by atoms with Gasteiger partial charge in [-0.3, -0.25) is 19.9 Å². The summed E-state index contributed by atoms with van der Waals surface area (Å²) in [5, 5.41) is 18.9. The third kappa shape index (κ3) is 7.27. The van der Waals surface area contributed by atoms with E-state index < -0.39 is 11.1 Å². The molecule has 4 rings (SSSR count). The summed E-state index contributed by atoms with van der Waals surface area (Å²) in [7, 11) is 1.65. The number of aryl methyl sites for hydroxylation is 1. The second-order valence-corrected chi connectivity index (χ2v) is 9.37. The van der Waals surface area contributed by atoms with Gasteiger partial charge in [0.2, 0.25) is 0 Å². The van der Waals surface area contributed by atoms with Gasteiger partial charge in [0.05, 0.1) is 34.9 Å². The Balaban J connectivity index is 1.34. The van der Waals surface area contributed by atoms with Crippen LogP contribution in [-0.2, 0) is 27.9 Å². The highest BCUT2D eigenvalue weighted by Crippen LogP contribution is 2.30. The third-order valence-corrected chi connectivity index (χ3v) is 6.11. The molecule has 1 aliphatic carbocycles. The molecule has 1 aliphatic rings. The summed E-state index contributed by atoms with van der Waals surface area (Å²) < 4.78 is 23.2. The highest BCUT2D eigenvalue weighted by molar-refractivity contribution is 5.72. The van der Waals surface area contributed by atoms with Crippen LogP contribution in [0.3, 0.4) is 0 Å². The SMILES string of the molecule is CC(C)OC(=O)[C@H]1CCC[C@H](Oc2ccc(-c3nnn(C)c3COC(=O)Oc3ccc([N+](=O)[O-])cc3)nc2)C1. The summed E-state index contributed by atoms with van der Waals surface area (Å²) in [5.74, 6) is 0.315. The molecular formula is C26H29N5O8. The normalized spacial score (nSPS) is 16.9. The van der Waals surface area contributed by atoms with Crippen molar-refractivity contribution in [1.82, 2.24) is 20.0 Å². The van der Waals surface area contributed by atoms with Crippen LogP contribution in [0.2, 0.25) is 0 Å². The van der Waals surface area contributed by atoms with Gasteiger partial charge in [-0.05, 0) is 63.8 Å². The van der Waals surface area contributed by atoms with E-state index in [1.54, 1.807) is 25.4 Å². The van der Waals surface area contributed by atoms with Gasteiger partial charge in [0.25, 0.3) is 5.69 Å². The Kier molecular flexibility index (Phi) is 8.69. The van der Waals surface area contributed by atoms with Crippen molar-refractivity contribution in [2.75, 3.05) is 0 Å². The molecule has 2 heterocycles. The summed E-state index contributed by atoms with van der Waals surface area (Å²) in [6, 6.07) is 8.53. The molecule has 1 saturated carbocycles. The van der Waals surface area contributed by atoms with Gasteiger partial charge in [0, 0.05) is 19.2 Å². The van der Waals surface area contributed by atoms with Gasteiger partial charge >= 0.3 is 12.1 Å². The van der Waals surface area contributed by atoms with Crippen molar-refractivity contribution in [3.05, 3.63) is 58.4 Å². The first kappa shape index (κ1) is 27.5. The van der Waals surface area contributed by atoms with Crippen LogP contribution in [0.15, 0.2) is 42.6 Å². The second-order valence-electron chi connectivity index (χ2n) is 9.37. The van der Waals surface area contributed by atoms with Crippen LogP contribution in [0.25, 0.3) is 11.4 Å². The smallest absolute Gasteiger partial charge is 0.489 e. The number of esters is 1. The molecule has 0 spiro atoms. The summed E-state index contributed by atoms with van der Waals surface area (Å²) in [6.45, 7) is 3.48. The first-order chi connectivity index (χ1) is 18.7. The van der Waals surface area contributed by atoms with Gasteiger partial charge in [0.15, 0.2) is 0 Å². The summed E-state index contributed by atoms with van der Waals surface area (Å²) in [5.41, 5.74) is 1.27. The first-order valence-electron chi connectivity index (χ1n) is 12.5. The average Bonchev–Trinajstić information content (AvgIpc) is 3.28. The van der Waals surface area contributed by atoms with E-state index in [-0.39, 0.29) is 42.1 Å². The molecule has 13 nitrogen and oxygen atoms in total. The minimum absolute atomic E-state index is 0.104. The number of carbonyl (C=O) groups is 2. The molecule has 13 heteroatoms. The molecule has 0 radical (unpaired) electrons. The van der Waals surface area contributed by atoms with E-state index in [1.165, 1.54) is 28.9 Å². The lowest BCUT2D eigenvalue weighted by Crippen LogP contribution is -2.31. The summed E-state index contributed by atoms with van der Waals surface area (Å²) in [6.07, 6.45) is 3.43. The van der Waals surface area contributed by atoms with Gasteiger partial charge in [-0.1, -0.05) is 5.21 Å². The van der Waals surface area contributed by atoms with Crippen molar-refractivity contribution in [3.63, 3.8) is 0 Å². The molecule has 206 valence electrons. The Hall–Kier alpha value is -4.55. The molecule has 39 heavy (non-hydrogen) atoms. The zero-order valence-corrected chi connectivity index (χ0v) is 21.8. The number of nitro groups is 1. The Labute approximate surface area is 224 Å². The summed E-state index contributed by atoms with van der Waals surface area (Å²) >= 11 is 0. The maximum absolute atomic E-state index is 12.3. The number of nitrogens with zero attached hydrogens (tertiary/aromatic N) is 5. The minimum atomic E-state index is -0.990. The zero-order chi connectivity index (χ0) is 27.9. The van der Waals surface area contributed by atoms with Gasteiger partial charge in [-0.2, -0.15) is 0 Å². The van der Waals surface area contributed by atoms with Crippen molar-refractivity contribution in [2.45, 2.75) is 58.3 Å². The number of non-ortho nitro benzene ring substituents is 1. The molecule has 3 aromatic rings. The quantitative estimate of drug-likeness (QED) is 0.164. The molecule has 0 saturated heterocycles. The van der Waals surface area contributed by atoms with Crippen LogP contribution in [0.1, 0.15) is 45.2 Å². The van der Waals surface area contributed by atoms with Crippen LogP contribution < -0.4 is 9.47 Å². The highest BCUT2D eigenvalue weighted by atomic mass is 16.7. The van der Waals surface area contributed by atoms with E-state index in [0.29, 0.717) is 29.3 Å². The van der Waals surface area contributed by atoms with Crippen molar-refractivity contribution in [1.29, 1.82) is 0 Å². The maximum Gasteiger partial charge on any atom is 0.514 e. The number of nitro benzene ring substituents is 1. The van der Waals surface area contributed by atoms with Gasteiger partial charge in [0.1, 0.15) is 29.5 Å². The van der Waals surface area contributed by atoms with E-state index in [9.17, 15) is 19.7 Å². The van der Waals surface area contributed by atoms with E-state index in [0.717, 1.165) is 19.3 Å². The lowest BCUT2D eigenvalue weighted by atomic mass is 9.87. The monoisotopic (exact) mass is 539 g/mol. The van der Waals surface area contributed by atoms with Crippen LogP contribution in [0.5, 0.6) is 11.5 Å². The Morgan fingerprint density at radius 3 is 2.54 bits per heavy atom. The van der Waals surface area contributed by atoms with E-state index >= 15 is 0 Å². The molecule has 1 fully saturated rings. The van der Waals surface area contributed by atoms with Gasteiger partial charge < -0.3 is 18.9 Å². The first-order valence-corrected chi connectivity index (χ1v) is 12.5. The molecule has 0 amide bonds. The number of hydrogen-bond donors (Lipinski definition) is 0. The topological polar surface area (TPSA) is 158 Å². The lowest BCUT2D eigenvalue weighted by molar-refractivity contribution is -0.384. The van der Waals surface area contributed by atoms with Crippen molar-refractivity contribution in [2.24, 2.45) is 13.0 Å². The predicted molar refractivity (Wildman–Crippen MR) is 136 cm³/mol. The molecule has 2 atom stereocenters. The fourth-order valence-electron chi connectivity index (χ4n) is 4.20. The number of benzene rings is 1. The van der Waals surface area contributed by atoms with Crippen LogP contribution >= 0.6 is 0 Å². The minimum Gasteiger partial charge on any atom is -0.489 e. The highest BCUT2D eigenvalue weighted by Gasteiger charge is 2.30. The largest absolute Gasteiger partial charge is 0.514 e. The lowest BCUT2D eigenvalue weighted by Gasteiger charge is -2.28. The van der Waals surface area contributed by atoms with Crippen LogP contribution in [0, 0.1) is 16.0 Å². The standard InChI is InChI=1S/C26H29N5O8/c1-16(2)37-25(32)17-5-4-6-20(13-17)38-21-11-12-22(27-14-21)24-23(30(3)29-28-24)15-36-26(33)39-19-9-7-18(8-10-19)31(34)35/h7-12,14,16-17,20H,4-6,13,15H2,1-3H3/t17-,20-/m0/s1. The van der Waals surface area contributed by atoms with Crippen molar-refractivity contribution >= 4 is 17.8 Å². The molecular weight excluding hydrogens is 510 g/mol. The number of rotatable bonds is 9. The number of pyridine rings is 1. The number of carbonyl (C=O) groups excluding carboxylic acids is 2. The van der Waals surface area contributed by atoms with Crippen molar-refractivity contribution in [3.8, 4) is 22.9 Å². The molecule has 0 unspecified atom stereocenters. The third-order valence-electron chi connectivity index (χ3n) is 6.11. The summed E-state index contributed by atoms with van der Waals surface area (Å²) in [4.78, 5) is 39.1. The molecule has 1 aromatic carbocycles. The van der Waals surface area contributed by atoms with Crippen molar-refractivity contribution < 1.29 is 33.5 Å². The molecule has 0 N–H and O–H groups in total. The molecule has 0 bridgehead atoms. The van der Waals surface area contributed by atoms with E-state index in [2.05, 4.69) is 15.3 Å². The predicted octanol–water partition coefficient (Wildman–Crippen LogP) is 4.39. The van der Waals surface area contributed by atoms with Gasteiger partial charge in [-0.15, -0.1) is 5.10 Å². The number of ether oxygens (including phenoxy) is 4. The molecule has 2 aromatic heterocycles. The van der Waals surface area contributed by atoms with E-state index in [4.69, 9.17) is 18.9 Å².